The summed E-state index contributed by atoms with van der Waals surface area (Å²) in [6.07, 6.45) is 3.13. The molecule has 0 bridgehead atoms. The zero-order valence-corrected chi connectivity index (χ0v) is 17.8. The first-order chi connectivity index (χ1) is 15.1. The number of ether oxygens (including phenoxy) is 3. The molecule has 0 aliphatic carbocycles. The molecule has 1 amide bonds. The molecule has 0 spiro atoms. The minimum absolute atomic E-state index is 0.0716. The molecule has 2 aromatic heterocycles. The third-order valence-corrected chi connectivity index (χ3v) is 5.21. The predicted molar refractivity (Wildman–Crippen MR) is 113 cm³/mol. The monoisotopic (exact) mass is 423 g/mol. The van der Waals surface area contributed by atoms with Gasteiger partial charge in [-0.15, -0.1) is 0 Å². The molecule has 3 heterocycles. The average molecular weight is 423 g/mol. The first kappa shape index (κ1) is 20.6. The van der Waals surface area contributed by atoms with Crippen LogP contribution in [-0.2, 0) is 7.05 Å². The molecule has 31 heavy (non-hydrogen) atoms. The smallest absolute Gasteiger partial charge is 0.319 e. The quantitative estimate of drug-likeness (QED) is 0.602. The Morgan fingerprint density at radius 1 is 1.16 bits per heavy atom. The lowest BCUT2D eigenvalue weighted by atomic mass is 10.1. The number of hydrogen-bond acceptors (Lipinski definition) is 7. The van der Waals surface area contributed by atoms with Crippen LogP contribution in [0.15, 0.2) is 42.6 Å². The lowest BCUT2D eigenvalue weighted by Gasteiger charge is -2.32. The highest BCUT2D eigenvalue weighted by Gasteiger charge is 2.28. The van der Waals surface area contributed by atoms with Crippen molar-refractivity contribution in [2.24, 2.45) is 7.05 Å². The number of benzene rings is 1. The van der Waals surface area contributed by atoms with E-state index in [2.05, 4.69) is 15.1 Å². The third kappa shape index (κ3) is 4.60. The molecule has 1 fully saturated rings. The van der Waals surface area contributed by atoms with Crippen LogP contribution in [0, 0.1) is 0 Å². The van der Waals surface area contributed by atoms with Crippen molar-refractivity contribution in [2.45, 2.75) is 18.9 Å². The van der Waals surface area contributed by atoms with E-state index in [1.807, 2.05) is 30.3 Å². The number of piperidine rings is 1. The Kier molecular flexibility index (Phi) is 6.01. The number of carbonyl (C=O) groups is 1. The number of aromatic nitrogens is 4. The molecule has 9 heteroatoms. The predicted octanol–water partition coefficient (Wildman–Crippen LogP) is 2.58. The lowest BCUT2D eigenvalue weighted by molar-refractivity contribution is 0.0516. The minimum Gasteiger partial charge on any atom is -0.497 e. The zero-order valence-electron chi connectivity index (χ0n) is 17.8. The Balaban J connectivity index is 1.48. The van der Waals surface area contributed by atoms with Crippen LogP contribution < -0.4 is 14.2 Å². The lowest BCUT2D eigenvalue weighted by Crippen LogP contribution is -2.45. The van der Waals surface area contributed by atoms with E-state index in [1.54, 1.807) is 36.0 Å². The Labute approximate surface area is 180 Å². The fraction of sp³-hybridized carbons (Fsp3) is 0.364. The average Bonchev–Trinajstić information content (AvgIpc) is 3.20. The Morgan fingerprint density at radius 3 is 2.84 bits per heavy atom. The van der Waals surface area contributed by atoms with Gasteiger partial charge in [0.15, 0.2) is 0 Å². The summed E-state index contributed by atoms with van der Waals surface area (Å²) < 4.78 is 17.9. The second kappa shape index (κ2) is 9.03. The van der Waals surface area contributed by atoms with Gasteiger partial charge in [0.05, 0.1) is 26.5 Å². The van der Waals surface area contributed by atoms with E-state index >= 15 is 0 Å². The van der Waals surface area contributed by atoms with Gasteiger partial charge < -0.3 is 19.1 Å². The Hall–Kier alpha value is -3.62. The van der Waals surface area contributed by atoms with Crippen LogP contribution in [0.4, 0.5) is 0 Å². The topological polar surface area (TPSA) is 91.6 Å². The summed E-state index contributed by atoms with van der Waals surface area (Å²) in [5.74, 6) is 1.11. The van der Waals surface area contributed by atoms with Gasteiger partial charge in [0.25, 0.3) is 5.91 Å². The standard InChI is InChI=1S/C22H25N5O4/c1-26-19(13-18(25-26)15-6-4-7-16(12-15)29-2)21(28)27-11-5-8-17(14-27)31-20-9-10-23-22(24-20)30-3/h4,6-7,9-10,12-13,17H,5,8,11,14H2,1-3H3. The maximum absolute atomic E-state index is 13.2. The maximum Gasteiger partial charge on any atom is 0.319 e. The number of amides is 1. The number of rotatable bonds is 6. The van der Waals surface area contributed by atoms with Crippen LogP contribution in [0.2, 0.25) is 0 Å². The molecule has 162 valence electrons. The number of aryl methyl sites for hydroxylation is 1. The number of likely N-dealkylation sites (tertiary alicyclic amines) is 1. The highest BCUT2D eigenvalue weighted by molar-refractivity contribution is 5.93. The van der Waals surface area contributed by atoms with Crippen molar-refractivity contribution < 1.29 is 19.0 Å². The van der Waals surface area contributed by atoms with Crippen molar-refractivity contribution in [1.29, 1.82) is 0 Å². The van der Waals surface area contributed by atoms with Crippen molar-refractivity contribution in [1.82, 2.24) is 24.6 Å². The molecule has 1 aromatic carbocycles. The summed E-state index contributed by atoms with van der Waals surface area (Å²) in [5.41, 5.74) is 2.15. The normalized spacial score (nSPS) is 16.1. The highest BCUT2D eigenvalue weighted by Crippen LogP contribution is 2.25. The molecule has 0 N–H and O–H groups in total. The van der Waals surface area contributed by atoms with Crippen molar-refractivity contribution in [2.75, 3.05) is 27.3 Å². The van der Waals surface area contributed by atoms with E-state index in [-0.39, 0.29) is 18.0 Å². The van der Waals surface area contributed by atoms with Gasteiger partial charge in [-0.25, -0.2) is 4.98 Å². The highest BCUT2D eigenvalue weighted by atomic mass is 16.5. The fourth-order valence-corrected chi connectivity index (χ4v) is 3.63. The SMILES string of the molecule is COc1cccc(-c2cc(C(=O)N3CCCC(Oc4ccnc(OC)n4)C3)n(C)n2)c1. The second-order valence-electron chi connectivity index (χ2n) is 7.29. The Bertz CT molecular complexity index is 1070. The molecule has 1 aliphatic rings. The zero-order chi connectivity index (χ0) is 21.8. The van der Waals surface area contributed by atoms with E-state index in [1.165, 1.54) is 7.11 Å². The van der Waals surface area contributed by atoms with E-state index in [9.17, 15) is 4.79 Å². The van der Waals surface area contributed by atoms with Gasteiger partial charge in [-0.05, 0) is 31.0 Å². The van der Waals surface area contributed by atoms with Crippen molar-refractivity contribution in [3.63, 3.8) is 0 Å². The molecule has 0 saturated carbocycles. The summed E-state index contributed by atoms with van der Waals surface area (Å²) >= 11 is 0. The number of nitrogens with zero attached hydrogens (tertiary/aromatic N) is 5. The van der Waals surface area contributed by atoms with E-state index in [0.717, 1.165) is 29.8 Å². The molecule has 3 aromatic rings. The Morgan fingerprint density at radius 2 is 2.03 bits per heavy atom. The molecule has 1 atom stereocenters. The fourth-order valence-electron chi connectivity index (χ4n) is 3.63. The maximum atomic E-state index is 13.2. The first-order valence-corrected chi connectivity index (χ1v) is 10.1. The van der Waals surface area contributed by atoms with Crippen LogP contribution in [0.3, 0.4) is 0 Å². The van der Waals surface area contributed by atoms with E-state index < -0.39 is 0 Å². The summed E-state index contributed by atoms with van der Waals surface area (Å²) in [5, 5.41) is 4.53. The van der Waals surface area contributed by atoms with Crippen LogP contribution in [-0.4, -0.2) is 64.0 Å². The second-order valence-corrected chi connectivity index (χ2v) is 7.29. The van der Waals surface area contributed by atoms with Gasteiger partial charge in [0.1, 0.15) is 17.5 Å². The van der Waals surface area contributed by atoms with E-state index in [4.69, 9.17) is 14.2 Å². The largest absolute Gasteiger partial charge is 0.497 e. The molecule has 4 rings (SSSR count). The summed E-state index contributed by atoms with van der Waals surface area (Å²) in [7, 11) is 4.91. The molecule has 0 radical (unpaired) electrons. The van der Waals surface area contributed by atoms with Crippen LogP contribution in [0.25, 0.3) is 11.3 Å². The summed E-state index contributed by atoms with van der Waals surface area (Å²) in [6, 6.07) is 11.4. The third-order valence-electron chi connectivity index (χ3n) is 5.21. The molecule has 1 aliphatic heterocycles. The first-order valence-electron chi connectivity index (χ1n) is 10.1. The van der Waals surface area contributed by atoms with Crippen LogP contribution in [0.5, 0.6) is 17.6 Å². The molecular formula is C22H25N5O4. The molecule has 1 saturated heterocycles. The summed E-state index contributed by atoms with van der Waals surface area (Å²) in [6.45, 7) is 1.15. The number of methoxy groups -OCH3 is 2. The van der Waals surface area contributed by atoms with Gasteiger partial charge in [0, 0.05) is 31.4 Å². The minimum atomic E-state index is -0.150. The van der Waals surface area contributed by atoms with Gasteiger partial charge in [-0.1, -0.05) is 12.1 Å². The van der Waals surface area contributed by atoms with E-state index in [0.29, 0.717) is 24.7 Å². The van der Waals surface area contributed by atoms with Gasteiger partial charge in [-0.2, -0.15) is 10.1 Å². The number of hydrogen-bond donors (Lipinski definition) is 0. The van der Waals surface area contributed by atoms with Crippen LogP contribution >= 0.6 is 0 Å². The van der Waals surface area contributed by atoms with Gasteiger partial charge >= 0.3 is 6.01 Å². The van der Waals surface area contributed by atoms with Crippen molar-refractivity contribution >= 4 is 5.91 Å². The van der Waals surface area contributed by atoms with Crippen molar-refractivity contribution in [3.8, 4) is 28.9 Å². The van der Waals surface area contributed by atoms with Gasteiger partial charge in [0.2, 0.25) is 5.88 Å². The molecular weight excluding hydrogens is 398 g/mol. The van der Waals surface area contributed by atoms with Gasteiger partial charge in [-0.3, -0.25) is 9.48 Å². The number of carbonyl (C=O) groups excluding carboxylic acids is 1. The van der Waals surface area contributed by atoms with Crippen LogP contribution in [0.1, 0.15) is 23.3 Å². The molecule has 9 nitrogen and oxygen atoms in total. The molecule has 1 unspecified atom stereocenters. The van der Waals surface area contributed by atoms with Crippen molar-refractivity contribution in [3.05, 3.63) is 48.3 Å². The summed E-state index contributed by atoms with van der Waals surface area (Å²) in [4.78, 5) is 23.2.